The highest BCUT2D eigenvalue weighted by Crippen LogP contribution is 2.24. The molecule has 1 aromatic carbocycles. The fraction of sp³-hybridized carbons (Fsp3) is 0.500. The van der Waals surface area contributed by atoms with Gasteiger partial charge in [0.25, 0.3) is 0 Å². The van der Waals surface area contributed by atoms with E-state index in [4.69, 9.17) is 4.74 Å². The van der Waals surface area contributed by atoms with Crippen LogP contribution in [0.5, 0.6) is 0 Å². The van der Waals surface area contributed by atoms with Crippen molar-refractivity contribution >= 4 is 17.6 Å². The van der Waals surface area contributed by atoms with Crippen molar-refractivity contribution in [3.05, 3.63) is 34.6 Å². The average molecular weight is 327 g/mol. The van der Waals surface area contributed by atoms with E-state index in [1.807, 2.05) is 6.92 Å². The Bertz CT molecular complexity index is 702. The molecule has 6 heteroatoms. The fourth-order valence-corrected chi connectivity index (χ4v) is 3.12. The predicted octanol–water partition coefficient (Wildman–Crippen LogP) is 3.44. The Morgan fingerprint density at radius 2 is 1.75 bits per heavy atom. The molecular weight excluding hydrogens is 302 g/mol. The monoisotopic (exact) mass is 327 g/mol. The minimum Gasteiger partial charge on any atom is -0.376 e. The molecule has 1 atom stereocenters. The molecule has 0 bridgehead atoms. The lowest BCUT2D eigenvalue weighted by Crippen LogP contribution is -2.20. The number of nitrogens with one attached hydrogen (secondary N) is 2. The first-order chi connectivity index (χ1) is 11.5. The molecule has 1 aliphatic heterocycles. The van der Waals surface area contributed by atoms with E-state index in [2.05, 4.69) is 58.5 Å². The number of rotatable bonds is 5. The van der Waals surface area contributed by atoms with Crippen LogP contribution in [0, 0.1) is 27.7 Å². The molecule has 1 unspecified atom stereocenters. The highest BCUT2D eigenvalue weighted by atomic mass is 16.5. The molecule has 0 radical (unpaired) electrons. The molecule has 0 saturated carbocycles. The number of aryl methyl sites for hydroxylation is 4. The van der Waals surface area contributed by atoms with Gasteiger partial charge in [-0.25, -0.2) is 0 Å². The van der Waals surface area contributed by atoms with Gasteiger partial charge in [-0.1, -0.05) is 17.7 Å². The van der Waals surface area contributed by atoms with Gasteiger partial charge in [0.1, 0.15) is 5.82 Å². The van der Waals surface area contributed by atoms with Crippen molar-refractivity contribution in [2.75, 3.05) is 23.8 Å². The molecule has 1 saturated heterocycles. The SMILES string of the molecule is Cc1cc(C)c(Nc2nc(C)nc(NCC3CCCO3)n2)c(C)c1. The molecule has 2 heterocycles. The lowest BCUT2D eigenvalue weighted by molar-refractivity contribution is 0.120. The number of hydrogen-bond acceptors (Lipinski definition) is 6. The molecule has 0 spiro atoms. The van der Waals surface area contributed by atoms with Crippen LogP contribution in [-0.4, -0.2) is 34.2 Å². The van der Waals surface area contributed by atoms with Crippen LogP contribution >= 0.6 is 0 Å². The second kappa shape index (κ2) is 7.13. The largest absolute Gasteiger partial charge is 0.376 e. The predicted molar refractivity (Wildman–Crippen MR) is 96.0 cm³/mol. The maximum Gasteiger partial charge on any atom is 0.232 e. The summed E-state index contributed by atoms with van der Waals surface area (Å²) >= 11 is 0. The van der Waals surface area contributed by atoms with E-state index in [-0.39, 0.29) is 6.10 Å². The Labute approximate surface area is 143 Å². The summed E-state index contributed by atoms with van der Waals surface area (Å²) < 4.78 is 5.62. The molecular formula is C18H25N5O. The number of anilines is 3. The first kappa shape index (κ1) is 16.6. The van der Waals surface area contributed by atoms with Crippen LogP contribution in [0.15, 0.2) is 12.1 Å². The van der Waals surface area contributed by atoms with Gasteiger partial charge >= 0.3 is 0 Å². The third-order valence-electron chi connectivity index (χ3n) is 4.17. The van der Waals surface area contributed by atoms with Crippen LogP contribution in [0.1, 0.15) is 35.4 Å². The summed E-state index contributed by atoms with van der Waals surface area (Å²) in [6.45, 7) is 9.73. The minimum absolute atomic E-state index is 0.250. The van der Waals surface area contributed by atoms with Gasteiger partial charge in [0.05, 0.1) is 6.10 Å². The molecule has 128 valence electrons. The minimum atomic E-state index is 0.250. The zero-order valence-electron chi connectivity index (χ0n) is 14.8. The lowest BCUT2D eigenvalue weighted by Gasteiger charge is -2.14. The van der Waals surface area contributed by atoms with Crippen molar-refractivity contribution in [2.45, 2.75) is 46.6 Å². The van der Waals surface area contributed by atoms with Gasteiger partial charge in [-0.3, -0.25) is 0 Å². The smallest absolute Gasteiger partial charge is 0.232 e. The van der Waals surface area contributed by atoms with Crippen LogP contribution in [-0.2, 0) is 4.74 Å². The van der Waals surface area contributed by atoms with E-state index in [0.717, 1.165) is 31.7 Å². The Morgan fingerprint density at radius 1 is 1.04 bits per heavy atom. The van der Waals surface area contributed by atoms with E-state index >= 15 is 0 Å². The number of hydrogen-bond donors (Lipinski definition) is 2. The van der Waals surface area contributed by atoms with Crippen molar-refractivity contribution in [3.63, 3.8) is 0 Å². The molecule has 0 amide bonds. The summed E-state index contributed by atoms with van der Waals surface area (Å²) in [7, 11) is 0. The topological polar surface area (TPSA) is 72.0 Å². The van der Waals surface area contributed by atoms with E-state index in [9.17, 15) is 0 Å². The lowest BCUT2D eigenvalue weighted by atomic mass is 10.1. The van der Waals surface area contributed by atoms with E-state index in [0.29, 0.717) is 17.7 Å². The molecule has 2 aromatic rings. The van der Waals surface area contributed by atoms with Gasteiger partial charge in [-0.05, 0) is 51.7 Å². The molecule has 24 heavy (non-hydrogen) atoms. The van der Waals surface area contributed by atoms with Crippen LogP contribution in [0.2, 0.25) is 0 Å². The molecule has 1 aliphatic rings. The summed E-state index contributed by atoms with van der Waals surface area (Å²) in [6.07, 6.45) is 2.46. The molecule has 2 N–H and O–H groups in total. The molecule has 3 rings (SSSR count). The Kier molecular flexibility index (Phi) is 4.94. The highest BCUT2D eigenvalue weighted by Gasteiger charge is 2.16. The van der Waals surface area contributed by atoms with Gasteiger partial charge in [-0.15, -0.1) is 0 Å². The summed E-state index contributed by atoms with van der Waals surface area (Å²) in [5.41, 5.74) is 4.66. The number of ether oxygens (including phenoxy) is 1. The summed E-state index contributed by atoms with van der Waals surface area (Å²) in [5.74, 6) is 1.83. The van der Waals surface area contributed by atoms with Crippen LogP contribution in [0.3, 0.4) is 0 Å². The first-order valence-corrected chi connectivity index (χ1v) is 8.44. The number of benzene rings is 1. The third-order valence-corrected chi connectivity index (χ3v) is 4.17. The second-order valence-electron chi connectivity index (χ2n) is 6.44. The summed E-state index contributed by atoms with van der Waals surface area (Å²) in [4.78, 5) is 13.3. The zero-order valence-corrected chi connectivity index (χ0v) is 14.8. The number of aromatic nitrogens is 3. The normalized spacial score (nSPS) is 17.1. The van der Waals surface area contributed by atoms with Crippen LogP contribution in [0.25, 0.3) is 0 Å². The fourth-order valence-electron chi connectivity index (χ4n) is 3.12. The van der Waals surface area contributed by atoms with E-state index < -0.39 is 0 Å². The van der Waals surface area contributed by atoms with E-state index in [1.54, 1.807) is 0 Å². The Hall–Kier alpha value is -2.21. The van der Waals surface area contributed by atoms with Crippen LogP contribution < -0.4 is 10.6 Å². The van der Waals surface area contributed by atoms with E-state index in [1.165, 1.54) is 16.7 Å². The molecule has 0 aliphatic carbocycles. The second-order valence-corrected chi connectivity index (χ2v) is 6.44. The standard InChI is InChI=1S/C18H25N5O/c1-11-8-12(2)16(13(3)9-11)22-18-21-14(4)20-17(23-18)19-10-15-6-5-7-24-15/h8-9,15H,5-7,10H2,1-4H3,(H2,19,20,21,22,23). The van der Waals surface area contributed by atoms with Crippen molar-refractivity contribution in [2.24, 2.45) is 0 Å². The maximum absolute atomic E-state index is 5.62. The Morgan fingerprint density at radius 3 is 2.42 bits per heavy atom. The maximum atomic E-state index is 5.62. The molecule has 1 aromatic heterocycles. The Balaban J connectivity index is 1.76. The van der Waals surface area contributed by atoms with Gasteiger partial charge < -0.3 is 15.4 Å². The highest BCUT2D eigenvalue weighted by molar-refractivity contribution is 5.64. The number of nitrogens with zero attached hydrogens (tertiary/aromatic N) is 3. The zero-order chi connectivity index (χ0) is 17.1. The van der Waals surface area contributed by atoms with Gasteiger partial charge in [-0.2, -0.15) is 15.0 Å². The quantitative estimate of drug-likeness (QED) is 0.876. The van der Waals surface area contributed by atoms with Crippen molar-refractivity contribution < 1.29 is 4.74 Å². The van der Waals surface area contributed by atoms with Gasteiger partial charge in [0.15, 0.2) is 0 Å². The van der Waals surface area contributed by atoms with Crippen molar-refractivity contribution in [1.29, 1.82) is 0 Å². The molecule has 1 fully saturated rings. The summed E-state index contributed by atoms with van der Waals surface area (Å²) in [6, 6.07) is 4.31. The van der Waals surface area contributed by atoms with Gasteiger partial charge in [0, 0.05) is 18.8 Å². The van der Waals surface area contributed by atoms with Gasteiger partial charge in [0.2, 0.25) is 11.9 Å². The van der Waals surface area contributed by atoms with Crippen molar-refractivity contribution in [1.82, 2.24) is 15.0 Å². The average Bonchev–Trinajstić information content (AvgIpc) is 3.02. The van der Waals surface area contributed by atoms with Crippen molar-refractivity contribution in [3.8, 4) is 0 Å². The first-order valence-electron chi connectivity index (χ1n) is 8.44. The van der Waals surface area contributed by atoms with Crippen LogP contribution in [0.4, 0.5) is 17.6 Å². The summed E-state index contributed by atoms with van der Waals surface area (Å²) in [5, 5.41) is 6.61. The molecule has 6 nitrogen and oxygen atoms in total. The third kappa shape index (κ3) is 4.00.